The number of rotatable bonds is 6. The van der Waals surface area contributed by atoms with Gasteiger partial charge in [0.05, 0.1) is 19.2 Å². The van der Waals surface area contributed by atoms with Gasteiger partial charge < -0.3 is 19.6 Å². The summed E-state index contributed by atoms with van der Waals surface area (Å²) in [6.07, 6.45) is 4.46. The molecule has 4 rings (SSSR count). The van der Waals surface area contributed by atoms with E-state index in [-0.39, 0.29) is 36.3 Å². The van der Waals surface area contributed by atoms with Gasteiger partial charge in [-0.2, -0.15) is 0 Å². The zero-order valence-electron chi connectivity index (χ0n) is 21.1. The Balaban J connectivity index is 1.70. The van der Waals surface area contributed by atoms with E-state index in [1.54, 1.807) is 47.6 Å². The summed E-state index contributed by atoms with van der Waals surface area (Å²) in [5.74, 6) is -0.272. The van der Waals surface area contributed by atoms with Gasteiger partial charge in [0.25, 0.3) is 11.8 Å². The summed E-state index contributed by atoms with van der Waals surface area (Å²) in [4.78, 5) is 38.4. The predicted molar refractivity (Wildman–Crippen MR) is 137 cm³/mol. The molecule has 3 atom stereocenters. The third-order valence-corrected chi connectivity index (χ3v) is 6.70. The van der Waals surface area contributed by atoms with E-state index in [4.69, 9.17) is 4.74 Å². The summed E-state index contributed by atoms with van der Waals surface area (Å²) < 4.78 is 6.33. The van der Waals surface area contributed by atoms with Crippen LogP contribution < -0.4 is 4.74 Å². The van der Waals surface area contributed by atoms with E-state index in [0.717, 1.165) is 16.7 Å². The first-order valence-corrected chi connectivity index (χ1v) is 12.1. The second-order valence-electron chi connectivity index (χ2n) is 9.44. The SMILES string of the molecule is Cc1ccccc1-c1cnc2c(c1)C(=O)N([C@@H](C)CO)C[C@H](C)[C@@H](CN(C)C(=O)c1ccncc1)O2. The number of carbonyl (C=O) groups excluding carboxylic acids is 2. The van der Waals surface area contributed by atoms with Gasteiger partial charge in [0.15, 0.2) is 0 Å². The van der Waals surface area contributed by atoms with Gasteiger partial charge in [0.1, 0.15) is 11.7 Å². The van der Waals surface area contributed by atoms with Crippen molar-refractivity contribution in [2.45, 2.75) is 32.9 Å². The van der Waals surface area contributed by atoms with Crippen molar-refractivity contribution in [2.75, 3.05) is 26.7 Å². The third-order valence-electron chi connectivity index (χ3n) is 6.70. The molecular weight excluding hydrogens is 456 g/mol. The maximum Gasteiger partial charge on any atom is 0.259 e. The Hall–Kier alpha value is -3.78. The number of carbonyl (C=O) groups is 2. The van der Waals surface area contributed by atoms with Crippen LogP contribution in [-0.4, -0.2) is 75.6 Å². The molecule has 0 saturated heterocycles. The van der Waals surface area contributed by atoms with Crippen LogP contribution in [0, 0.1) is 12.8 Å². The monoisotopic (exact) mass is 488 g/mol. The number of fused-ring (bicyclic) bond motifs is 1. The Kier molecular flexibility index (Phi) is 7.64. The minimum atomic E-state index is -0.419. The minimum Gasteiger partial charge on any atom is -0.472 e. The van der Waals surface area contributed by atoms with Crippen LogP contribution in [0.15, 0.2) is 61.1 Å². The van der Waals surface area contributed by atoms with Gasteiger partial charge in [-0.3, -0.25) is 14.6 Å². The van der Waals surface area contributed by atoms with E-state index >= 15 is 0 Å². The highest BCUT2D eigenvalue weighted by molar-refractivity contribution is 5.98. The first-order chi connectivity index (χ1) is 17.3. The summed E-state index contributed by atoms with van der Waals surface area (Å²) in [5.41, 5.74) is 3.75. The van der Waals surface area contributed by atoms with Crippen molar-refractivity contribution in [2.24, 2.45) is 5.92 Å². The number of aryl methyl sites for hydroxylation is 1. The van der Waals surface area contributed by atoms with Crippen molar-refractivity contribution in [3.63, 3.8) is 0 Å². The van der Waals surface area contributed by atoms with Gasteiger partial charge in [-0.1, -0.05) is 31.2 Å². The highest BCUT2D eigenvalue weighted by Crippen LogP contribution is 2.31. The van der Waals surface area contributed by atoms with Crippen molar-refractivity contribution < 1.29 is 19.4 Å². The Morgan fingerprint density at radius 3 is 2.64 bits per heavy atom. The zero-order valence-corrected chi connectivity index (χ0v) is 21.1. The lowest BCUT2D eigenvalue weighted by molar-refractivity contribution is 0.0313. The molecule has 0 aliphatic carbocycles. The van der Waals surface area contributed by atoms with Crippen molar-refractivity contribution in [3.05, 3.63) is 77.7 Å². The normalized spacial score (nSPS) is 18.5. The average Bonchev–Trinajstić information content (AvgIpc) is 2.90. The van der Waals surface area contributed by atoms with Crippen LogP contribution in [0.1, 0.15) is 40.1 Å². The molecule has 36 heavy (non-hydrogen) atoms. The smallest absolute Gasteiger partial charge is 0.259 e. The number of ether oxygens (including phenoxy) is 1. The lowest BCUT2D eigenvalue weighted by Gasteiger charge is -2.37. The fourth-order valence-electron chi connectivity index (χ4n) is 4.43. The summed E-state index contributed by atoms with van der Waals surface area (Å²) in [6, 6.07) is 12.7. The lowest BCUT2D eigenvalue weighted by atomic mass is 9.98. The zero-order chi connectivity index (χ0) is 25.8. The largest absolute Gasteiger partial charge is 0.472 e. The molecule has 1 aromatic carbocycles. The van der Waals surface area contributed by atoms with Crippen LogP contribution in [0.25, 0.3) is 11.1 Å². The molecule has 8 nitrogen and oxygen atoms in total. The quantitative estimate of drug-likeness (QED) is 0.571. The van der Waals surface area contributed by atoms with Crippen LogP contribution in [0.5, 0.6) is 5.88 Å². The van der Waals surface area contributed by atoms with Crippen molar-refractivity contribution in [1.82, 2.24) is 19.8 Å². The average molecular weight is 489 g/mol. The number of hydrogen-bond acceptors (Lipinski definition) is 6. The molecule has 1 N–H and O–H groups in total. The van der Waals surface area contributed by atoms with Crippen LogP contribution >= 0.6 is 0 Å². The van der Waals surface area contributed by atoms with Gasteiger partial charge in [-0.15, -0.1) is 0 Å². The third kappa shape index (κ3) is 5.23. The van der Waals surface area contributed by atoms with Gasteiger partial charge >= 0.3 is 0 Å². The van der Waals surface area contributed by atoms with E-state index in [1.807, 2.05) is 51.1 Å². The first-order valence-electron chi connectivity index (χ1n) is 12.1. The Bertz CT molecular complexity index is 1230. The van der Waals surface area contributed by atoms with Gasteiger partial charge in [-0.05, 0) is 43.2 Å². The fraction of sp³-hybridized carbons (Fsp3) is 0.357. The van der Waals surface area contributed by atoms with Gasteiger partial charge in [0, 0.05) is 49.2 Å². The molecule has 1 aliphatic heterocycles. The number of aliphatic hydroxyl groups excluding tert-OH is 1. The number of aliphatic hydroxyl groups is 1. The van der Waals surface area contributed by atoms with E-state index in [9.17, 15) is 14.7 Å². The van der Waals surface area contributed by atoms with Gasteiger partial charge in [0.2, 0.25) is 5.88 Å². The molecule has 0 fully saturated rings. The number of aromatic nitrogens is 2. The van der Waals surface area contributed by atoms with E-state index in [1.165, 1.54) is 0 Å². The fourth-order valence-corrected chi connectivity index (χ4v) is 4.43. The summed E-state index contributed by atoms with van der Waals surface area (Å²) >= 11 is 0. The molecule has 0 bridgehead atoms. The topological polar surface area (TPSA) is 95.9 Å². The lowest BCUT2D eigenvalue weighted by Crippen LogP contribution is -2.50. The summed E-state index contributed by atoms with van der Waals surface area (Å²) in [7, 11) is 1.73. The molecule has 8 heteroatoms. The molecular formula is C28H32N4O4. The number of nitrogens with zero attached hydrogens (tertiary/aromatic N) is 4. The van der Waals surface area contributed by atoms with Crippen molar-refractivity contribution >= 4 is 11.8 Å². The molecule has 1 aliphatic rings. The van der Waals surface area contributed by atoms with Crippen LogP contribution in [0.4, 0.5) is 0 Å². The maximum absolute atomic E-state index is 13.7. The summed E-state index contributed by atoms with van der Waals surface area (Å²) in [6.45, 7) is 6.32. The molecule has 0 saturated carbocycles. The van der Waals surface area contributed by atoms with Gasteiger partial charge in [-0.25, -0.2) is 4.98 Å². The van der Waals surface area contributed by atoms with Crippen LogP contribution in [0.2, 0.25) is 0 Å². The van der Waals surface area contributed by atoms with Crippen LogP contribution in [0.3, 0.4) is 0 Å². The Morgan fingerprint density at radius 1 is 1.22 bits per heavy atom. The standard InChI is InChI=1S/C28H32N4O4/c1-18-7-5-6-8-23(18)22-13-24-26(30-14-22)36-25(19(2)15-32(28(24)35)20(3)17-33)16-31(4)27(34)21-9-11-29-12-10-21/h5-14,19-20,25,33H,15-17H2,1-4H3/t19-,20-,25+/m0/s1. The summed E-state index contributed by atoms with van der Waals surface area (Å²) in [5, 5.41) is 9.88. The highest BCUT2D eigenvalue weighted by Gasteiger charge is 2.35. The van der Waals surface area contributed by atoms with E-state index in [0.29, 0.717) is 24.2 Å². The predicted octanol–water partition coefficient (Wildman–Crippen LogP) is 3.44. The number of amides is 2. The molecule has 0 radical (unpaired) electrons. The minimum absolute atomic E-state index is 0.123. The Morgan fingerprint density at radius 2 is 1.94 bits per heavy atom. The number of hydrogen-bond donors (Lipinski definition) is 1. The molecule has 2 amide bonds. The maximum atomic E-state index is 13.7. The highest BCUT2D eigenvalue weighted by atomic mass is 16.5. The molecule has 2 aromatic heterocycles. The molecule has 188 valence electrons. The number of benzene rings is 1. The number of likely N-dealkylation sites (N-methyl/N-ethyl adjacent to an activating group) is 1. The first kappa shape index (κ1) is 25.3. The Labute approximate surface area is 211 Å². The van der Waals surface area contributed by atoms with Crippen molar-refractivity contribution in [3.8, 4) is 17.0 Å². The van der Waals surface area contributed by atoms with Crippen molar-refractivity contribution in [1.29, 1.82) is 0 Å². The van der Waals surface area contributed by atoms with E-state index in [2.05, 4.69) is 9.97 Å². The second-order valence-corrected chi connectivity index (χ2v) is 9.44. The number of pyridine rings is 2. The molecule has 0 unspecified atom stereocenters. The molecule has 3 aromatic rings. The second kappa shape index (κ2) is 10.9. The molecule has 3 heterocycles. The molecule has 0 spiro atoms. The van der Waals surface area contributed by atoms with E-state index < -0.39 is 6.10 Å². The van der Waals surface area contributed by atoms with Crippen LogP contribution in [-0.2, 0) is 0 Å².